The molecule has 5 rings (SSSR count). The summed E-state index contributed by atoms with van der Waals surface area (Å²) in [4.78, 5) is 32.6. The van der Waals surface area contributed by atoms with Crippen molar-refractivity contribution in [1.29, 1.82) is 0 Å². The second-order valence-corrected chi connectivity index (χ2v) is 10.4. The van der Waals surface area contributed by atoms with Crippen LogP contribution in [0.15, 0.2) is 36.4 Å². The summed E-state index contributed by atoms with van der Waals surface area (Å²) >= 11 is 0. The van der Waals surface area contributed by atoms with Crippen LogP contribution in [0.1, 0.15) is 29.4 Å². The maximum Gasteiger partial charge on any atom is 0.573 e. The van der Waals surface area contributed by atoms with Gasteiger partial charge in [0.2, 0.25) is 5.91 Å². The SMILES string of the molecule is CC(=O)N1CCC=C(c2cc(-c3ccc(N4CCNCC4)cc3OC(F)(F)F)c3cc(C(=O)N(C)C)[nH]c3c2F)C1. The highest BCUT2D eigenvalue weighted by atomic mass is 19.4. The second kappa shape index (κ2) is 11.1. The summed E-state index contributed by atoms with van der Waals surface area (Å²) in [5, 5.41) is 3.45. The van der Waals surface area contributed by atoms with Gasteiger partial charge in [0.1, 0.15) is 11.4 Å². The summed E-state index contributed by atoms with van der Waals surface area (Å²) in [7, 11) is 3.09. The Bertz CT molecular complexity index is 1520. The first-order valence-corrected chi connectivity index (χ1v) is 13.3. The van der Waals surface area contributed by atoms with Crippen molar-refractivity contribution in [2.45, 2.75) is 19.7 Å². The third kappa shape index (κ3) is 5.88. The number of rotatable bonds is 5. The van der Waals surface area contributed by atoms with E-state index in [0.717, 1.165) is 0 Å². The van der Waals surface area contributed by atoms with Gasteiger partial charge in [-0.2, -0.15) is 0 Å². The van der Waals surface area contributed by atoms with E-state index >= 15 is 4.39 Å². The predicted molar refractivity (Wildman–Crippen MR) is 148 cm³/mol. The summed E-state index contributed by atoms with van der Waals surface area (Å²) in [6.45, 7) is 4.68. The fourth-order valence-electron chi connectivity index (χ4n) is 5.34. The molecule has 2 aliphatic rings. The van der Waals surface area contributed by atoms with Crippen LogP contribution in [0.3, 0.4) is 0 Å². The van der Waals surface area contributed by atoms with Gasteiger partial charge in [0.15, 0.2) is 5.82 Å². The molecule has 12 heteroatoms. The molecule has 0 bridgehead atoms. The molecule has 0 aliphatic carbocycles. The van der Waals surface area contributed by atoms with E-state index in [9.17, 15) is 22.8 Å². The van der Waals surface area contributed by atoms with Gasteiger partial charge in [-0.3, -0.25) is 9.59 Å². The van der Waals surface area contributed by atoms with E-state index in [0.29, 0.717) is 50.4 Å². The minimum Gasteiger partial charge on any atom is -0.405 e. The molecule has 0 saturated carbocycles. The van der Waals surface area contributed by atoms with E-state index in [-0.39, 0.29) is 45.7 Å². The van der Waals surface area contributed by atoms with E-state index in [2.05, 4.69) is 15.0 Å². The molecule has 8 nitrogen and oxygen atoms in total. The number of hydrogen-bond donors (Lipinski definition) is 2. The molecule has 0 radical (unpaired) electrons. The Labute approximate surface area is 234 Å². The van der Waals surface area contributed by atoms with Crippen LogP contribution in [0, 0.1) is 5.82 Å². The van der Waals surface area contributed by atoms with Crippen LogP contribution in [-0.2, 0) is 4.79 Å². The third-order valence-corrected chi connectivity index (χ3v) is 7.39. The largest absolute Gasteiger partial charge is 0.573 e. The quantitative estimate of drug-likeness (QED) is 0.436. The van der Waals surface area contributed by atoms with E-state index < -0.39 is 23.8 Å². The molecule has 1 aromatic heterocycles. The summed E-state index contributed by atoms with van der Waals surface area (Å²) < 4.78 is 61.6. The minimum absolute atomic E-state index is 0.0207. The molecule has 0 atom stereocenters. The Morgan fingerprint density at radius 2 is 1.73 bits per heavy atom. The Morgan fingerprint density at radius 1 is 1.00 bits per heavy atom. The number of anilines is 1. The van der Waals surface area contributed by atoms with Gasteiger partial charge in [-0.15, -0.1) is 13.2 Å². The van der Waals surface area contributed by atoms with Crippen molar-refractivity contribution in [3.63, 3.8) is 0 Å². The first-order valence-electron chi connectivity index (χ1n) is 13.3. The minimum atomic E-state index is -4.98. The number of aromatic nitrogens is 1. The molecule has 2 aliphatic heterocycles. The van der Waals surface area contributed by atoms with Gasteiger partial charge >= 0.3 is 6.36 Å². The zero-order valence-corrected chi connectivity index (χ0v) is 23.0. The molecule has 0 spiro atoms. The number of nitrogens with one attached hydrogen (secondary N) is 2. The van der Waals surface area contributed by atoms with Crippen molar-refractivity contribution in [3.05, 3.63) is 53.5 Å². The number of hydrogen-bond acceptors (Lipinski definition) is 5. The molecule has 3 aromatic rings. The Kier molecular flexibility index (Phi) is 7.69. The lowest BCUT2D eigenvalue weighted by Crippen LogP contribution is -2.43. The van der Waals surface area contributed by atoms with Crippen molar-refractivity contribution >= 4 is 34.0 Å². The van der Waals surface area contributed by atoms with Crippen molar-refractivity contribution in [2.75, 3.05) is 58.3 Å². The van der Waals surface area contributed by atoms with Crippen LogP contribution in [0.25, 0.3) is 27.6 Å². The molecule has 2 aromatic carbocycles. The van der Waals surface area contributed by atoms with E-state index in [1.165, 1.54) is 36.1 Å². The number of fused-ring (bicyclic) bond motifs is 1. The van der Waals surface area contributed by atoms with Crippen molar-refractivity contribution < 1.29 is 31.9 Å². The van der Waals surface area contributed by atoms with Gasteiger partial charge < -0.3 is 29.7 Å². The molecule has 2 amide bonds. The fourth-order valence-corrected chi connectivity index (χ4v) is 5.34. The van der Waals surface area contributed by atoms with Gasteiger partial charge in [0.25, 0.3) is 5.91 Å². The van der Waals surface area contributed by atoms with Gasteiger partial charge in [0.05, 0.1) is 5.52 Å². The number of nitrogens with zero attached hydrogens (tertiary/aromatic N) is 3. The van der Waals surface area contributed by atoms with Crippen LogP contribution >= 0.6 is 0 Å². The van der Waals surface area contributed by atoms with Crippen LogP contribution in [0.4, 0.5) is 23.2 Å². The summed E-state index contributed by atoms with van der Waals surface area (Å²) in [6, 6.07) is 7.52. The molecule has 1 fully saturated rings. The highest BCUT2D eigenvalue weighted by Gasteiger charge is 2.33. The third-order valence-electron chi connectivity index (χ3n) is 7.39. The summed E-state index contributed by atoms with van der Waals surface area (Å²) in [6.07, 6.45) is -2.65. The van der Waals surface area contributed by atoms with Crippen molar-refractivity contribution in [1.82, 2.24) is 20.1 Å². The number of amides is 2. The first-order chi connectivity index (χ1) is 19.4. The van der Waals surface area contributed by atoms with Crippen molar-refractivity contribution in [3.8, 4) is 16.9 Å². The number of alkyl halides is 3. The number of piperazine rings is 1. The average Bonchev–Trinajstić information content (AvgIpc) is 3.39. The summed E-state index contributed by atoms with van der Waals surface area (Å²) in [5.41, 5.74) is 1.64. The lowest BCUT2D eigenvalue weighted by molar-refractivity contribution is -0.274. The monoisotopic (exact) mass is 573 g/mol. The predicted octanol–water partition coefficient (Wildman–Crippen LogP) is 4.62. The standard InChI is InChI=1S/C29H31F4N5O3/c1-17(39)38-10-4-5-18(16-38)21-14-22(23-15-24(28(40)36(2)3)35-27(23)26(21)30)20-7-6-19(37-11-8-34-9-12-37)13-25(20)41-29(31,32)33/h5-7,13-15,34-35H,4,8-12,16H2,1-3H3. The Morgan fingerprint density at radius 3 is 2.39 bits per heavy atom. The number of H-pyrrole nitrogens is 1. The number of carbonyl (C=O) groups is 2. The zero-order valence-electron chi connectivity index (χ0n) is 23.0. The summed E-state index contributed by atoms with van der Waals surface area (Å²) in [5.74, 6) is -1.68. The van der Waals surface area contributed by atoms with Crippen LogP contribution in [0.5, 0.6) is 5.75 Å². The maximum atomic E-state index is 16.1. The van der Waals surface area contributed by atoms with Crippen LogP contribution in [-0.4, -0.2) is 86.3 Å². The first kappa shape index (κ1) is 28.5. The average molecular weight is 574 g/mol. The molecular formula is C29H31F4N5O3. The molecule has 0 unspecified atom stereocenters. The number of halogens is 4. The number of ether oxygens (including phenoxy) is 1. The molecule has 218 valence electrons. The molecular weight excluding hydrogens is 542 g/mol. The van der Waals surface area contributed by atoms with Crippen LogP contribution < -0.4 is 15.0 Å². The molecule has 3 heterocycles. The van der Waals surface area contributed by atoms with Gasteiger partial charge in [0, 0.05) is 88.6 Å². The van der Waals surface area contributed by atoms with E-state index in [4.69, 9.17) is 0 Å². The molecule has 2 N–H and O–H groups in total. The smallest absolute Gasteiger partial charge is 0.405 e. The maximum absolute atomic E-state index is 16.1. The molecule has 41 heavy (non-hydrogen) atoms. The number of benzene rings is 2. The topological polar surface area (TPSA) is 80.9 Å². The Hall–Kier alpha value is -4.06. The molecule has 1 saturated heterocycles. The van der Waals surface area contributed by atoms with Gasteiger partial charge in [-0.05, 0) is 41.8 Å². The highest BCUT2D eigenvalue weighted by molar-refractivity contribution is 6.05. The van der Waals surface area contributed by atoms with Gasteiger partial charge in [-0.1, -0.05) is 6.08 Å². The number of carbonyl (C=O) groups excluding carboxylic acids is 2. The van der Waals surface area contributed by atoms with E-state index in [1.54, 1.807) is 25.1 Å². The lowest BCUT2D eigenvalue weighted by Gasteiger charge is -2.30. The van der Waals surface area contributed by atoms with E-state index in [1.807, 2.05) is 11.0 Å². The van der Waals surface area contributed by atoms with Gasteiger partial charge in [-0.25, -0.2) is 4.39 Å². The van der Waals surface area contributed by atoms with Crippen molar-refractivity contribution in [2.24, 2.45) is 0 Å². The zero-order chi connectivity index (χ0) is 29.5. The fraction of sp³-hybridized carbons (Fsp3) is 0.379. The normalized spacial score (nSPS) is 16.1. The Balaban J connectivity index is 1.73. The van der Waals surface area contributed by atoms with Crippen LogP contribution in [0.2, 0.25) is 0 Å². The highest BCUT2D eigenvalue weighted by Crippen LogP contribution is 2.43. The number of aromatic amines is 1. The second-order valence-electron chi connectivity index (χ2n) is 10.4. The lowest BCUT2D eigenvalue weighted by atomic mass is 9.92.